The van der Waals surface area contributed by atoms with Gasteiger partial charge in [0.05, 0.1) is 31.4 Å². The number of alkyl halides is 3. The van der Waals surface area contributed by atoms with Gasteiger partial charge in [-0.25, -0.2) is 0 Å². The molecule has 2 amide bonds. The number of hydrogen-bond acceptors (Lipinski definition) is 7. The number of carbonyl (C=O) groups is 2. The summed E-state index contributed by atoms with van der Waals surface area (Å²) in [6, 6.07) is 13.2. The second kappa shape index (κ2) is 11.7. The minimum absolute atomic E-state index is 0.00953. The van der Waals surface area contributed by atoms with E-state index in [0.29, 0.717) is 32.9 Å². The van der Waals surface area contributed by atoms with Gasteiger partial charge in [-0.15, -0.1) is 0 Å². The molecule has 3 aromatic rings. The van der Waals surface area contributed by atoms with Gasteiger partial charge >= 0.3 is 11.9 Å². The van der Waals surface area contributed by atoms with Crippen molar-refractivity contribution in [2.45, 2.75) is 6.18 Å². The van der Waals surface area contributed by atoms with Crippen LogP contribution in [0.3, 0.4) is 0 Å². The average Bonchev–Trinajstić information content (AvgIpc) is 3.13. The minimum atomic E-state index is -4.76. The first-order chi connectivity index (χ1) is 18.4. The minimum Gasteiger partial charge on any atom is -0.490 e. The van der Waals surface area contributed by atoms with Crippen LogP contribution in [0.15, 0.2) is 70.0 Å². The zero-order chi connectivity index (χ0) is 28.3. The molecule has 3 aromatic carbocycles. The molecule has 0 radical (unpaired) electrons. The Bertz CT molecular complexity index is 1500. The first kappa shape index (κ1) is 28.5. The van der Waals surface area contributed by atoms with Crippen molar-refractivity contribution in [1.82, 2.24) is 4.90 Å². The Kier molecular flexibility index (Phi) is 8.52. The molecule has 0 spiro atoms. The summed E-state index contributed by atoms with van der Waals surface area (Å²) in [6.45, 7) is 0.0539. The van der Waals surface area contributed by atoms with E-state index in [1.54, 1.807) is 24.3 Å². The van der Waals surface area contributed by atoms with Gasteiger partial charge in [0, 0.05) is 6.07 Å². The molecule has 0 aromatic heterocycles. The Labute approximate surface area is 236 Å². The van der Waals surface area contributed by atoms with E-state index < -0.39 is 33.5 Å². The van der Waals surface area contributed by atoms with Crippen molar-refractivity contribution in [3.8, 4) is 17.2 Å². The van der Waals surface area contributed by atoms with E-state index in [1.807, 2.05) is 0 Å². The van der Waals surface area contributed by atoms with Crippen LogP contribution in [0.4, 0.5) is 23.7 Å². The lowest BCUT2D eigenvalue weighted by Gasteiger charge is -2.13. The Balaban J connectivity index is 1.46. The largest absolute Gasteiger partial charge is 0.490 e. The summed E-state index contributed by atoms with van der Waals surface area (Å²) in [6.07, 6.45) is -3.27. The fourth-order valence-corrected chi connectivity index (χ4v) is 4.92. The highest BCUT2D eigenvalue weighted by Gasteiger charge is 2.35. The summed E-state index contributed by atoms with van der Waals surface area (Å²) in [5.41, 5.74) is -1.54. The van der Waals surface area contributed by atoms with Gasteiger partial charge in [-0.2, -0.15) is 13.2 Å². The van der Waals surface area contributed by atoms with E-state index in [0.717, 1.165) is 22.7 Å². The molecule has 0 saturated carbocycles. The second-order valence-electron chi connectivity index (χ2n) is 7.84. The number of thioether (sulfide) groups is 1. The fourth-order valence-electron chi connectivity index (χ4n) is 3.38. The van der Waals surface area contributed by atoms with E-state index in [9.17, 15) is 32.9 Å². The van der Waals surface area contributed by atoms with Gasteiger partial charge in [0.15, 0.2) is 0 Å². The van der Waals surface area contributed by atoms with Crippen molar-refractivity contribution in [3.05, 3.63) is 96.3 Å². The van der Waals surface area contributed by atoms with Gasteiger partial charge < -0.3 is 9.47 Å². The molecule has 8 nitrogen and oxygen atoms in total. The summed E-state index contributed by atoms with van der Waals surface area (Å²) < 4.78 is 50.2. The van der Waals surface area contributed by atoms with Crippen molar-refractivity contribution in [2.75, 3.05) is 13.2 Å². The Morgan fingerprint density at radius 1 is 1.05 bits per heavy atom. The normalized spacial score (nSPS) is 14.7. The lowest BCUT2D eigenvalue weighted by Crippen LogP contribution is -2.32. The monoisotopic (exact) mass is 642 g/mol. The number of hydrogen-bond donors (Lipinski definition) is 0. The predicted octanol–water partition coefficient (Wildman–Crippen LogP) is 7.94. The fraction of sp³-hybridized carbons (Fsp3) is 0.120. The maximum atomic E-state index is 13.0. The van der Waals surface area contributed by atoms with Crippen molar-refractivity contribution >= 4 is 62.2 Å². The van der Waals surface area contributed by atoms with E-state index in [4.69, 9.17) is 21.1 Å². The van der Waals surface area contributed by atoms with Gasteiger partial charge in [0.2, 0.25) is 5.75 Å². The number of rotatable bonds is 8. The number of nitrogens with zero attached hydrogens (tertiary/aromatic N) is 2. The van der Waals surface area contributed by atoms with E-state index in [1.165, 1.54) is 24.3 Å². The van der Waals surface area contributed by atoms with Crippen LogP contribution in [0.1, 0.15) is 11.1 Å². The standard InChI is InChI=1S/C25H15BrClF3N2O6S/c26-16-11-14(5-7-19(16)38-21-8-6-15(25(28,29)30)13-18(21)32(35)36)12-22-23(33)31(24(34)39-22)9-10-37-20-4-2-1-3-17(20)27/h1-8,11-13H,9-10H2/b22-12-. The Morgan fingerprint density at radius 2 is 1.77 bits per heavy atom. The van der Waals surface area contributed by atoms with Gasteiger partial charge in [-0.3, -0.25) is 24.6 Å². The van der Waals surface area contributed by atoms with Crippen molar-refractivity contribution in [2.24, 2.45) is 0 Å². The van der Waals surface area contributed by atoms with Crippen molar-refractivity contribution < 1.29 is 37.2 Å². The molecule has 1 saturated heterocycles. The molecule has 0 unspecified atom stereocenters. The molecule has 0 bridgehead atoms. The van der Waals surface area contributed by atoms with Crippen LogP contribution < -0.4 is 9.47 Å². The van der Waals surface area contributed by atoms with Crippen LogP contribution in [-0.4, -0.2) is 34.1 Å². The van der Waals surface area contributed by atoms with Gasteiger partial charge in [-0.1, -0.05) is 29.8 Å². The van der Waals surface area contributed by atoms with Crippen LogP contribution in [0.2, 0.25) is 5.02 Å². The smallest absolute Gasteiger partial charge is 0.416 e. The summed E-state index contributed by atoms with van der Waals surface area (Å²) in [5, 5.41) is 11.3. The van der Waals surface area contributed by atoms with E-state index >= 15 is 0 Å². The maximum absolute atomic E-state index is 13.0. The molecular formula is C25H15BrClF3N2O6S. The SMILES string of the molecule is O=C1S/C(=C\c2ccc(Oc3ccc(C(F)(F)F)cc3[N+](=O)[O-])c(Br)c2)C(=O)N1CCOc1ccccc1Cl. The third kappa shape index (κ3) is 6.72. The molecule has 0 atom stereocenters. The van der Waals surface area contributed by atoms with Crippen LogP contribution in [-0.2, 0) is 11.0 Å². The molecule has 1 heterocycles. The van der Waals surface area contributed by atoms with Crippen molar-refractivity contribution in [1.29, 1.82) is 0 Å². The molecule has 39 heavy (non-hydrogen) atoms. The number of benzene rings is 3. The van der Waals surface area contributed by atoms with Gasteiger partial charge in [0.1, 0.15) is 18.1 Å². The third-order valence-electron chi connectivity index (χ3n) is 5.24. The Morgan fingerprint density at radius 3 is 2.44 bits per heavy atom. The van der Waals surface area contributed by atoms with Crippen LogP contribution in [0.5, 0.6) is 17.2 Å². The molecule has 0 aliphatic carbocycles. The summed E-state index contributed by atoms with van der Waals surface area (Å²) in [5.74, 6) is -0.388. The molecule has 0 N–H and O–H groups in total. The number of nitro groups is 1. The van der Waals surface area contributed by atoms with Crippen molar-refractivity contribution in [3.63, 3.8) is 0 Å². The number of halogens is 5. The topological polar surface area (TPSA) is 99.0 Å². The van der Waals surface area contributed by atoms with Gasteiger partial charge in [0.25, 0.3) is 11.1 Å². The van der Waals surface area contributed by atoms with E-state index in [2.05, 4.69) is 15.9 Å². The number of amides is 2. The highest BCUT2D eigenvalue weighted by molar-refractivity contribution is 9.10. The summed E-state index contributed by atoms with van der Waals surface area (Å²) in [7, 11) is 0. The predicted molar refractivity (Wildman–Crippen MR) is 142 cm³/mol. The third-order valence-corrected chi connectivity index (χ3v) is 7.08. The maximum Gasteiger partial charge on any atom is 0.416 e. The quantitative estimate of drug-likeness (QED) is 0.140. The van der Waals surface area contributed by atoms with Crippen LogP contribution in [0, 0.1) is 10.1 Å². The molecule has 4 rings (SSSR count). The first-order valence-electron chi connectivity index (χ1n) is 10.9. The zero-order valence-electron chi connectivity index (χ0n) is 19.4. The highest BCUT2D eigenvalue weighted by atomic mass is 79.9. The lowest BCUT2D eigenvalue weighted by atomic mass is 10.1. The second-order valence-corrected chi connectivity index (χ2v) is 10.1. The molecule has 202 valence electrons. The first-order valence-corrected chi connectivity index (χ1v) is 12.9. The summed E-state index contributed by atoms with van der Waals surface area (Å²) >= 11 is 10.0. The number of ether oxygens (including phenoxy) is 2. The lowest BCUT2D eigenvalue weighted by molar-refractivity contribution is -0.385. The van der Waals surface area contributed by atoms with E-state index in [-0.39, 0.29) is 29.6 Å². The molecular weight excluding hydrogens is 629 g/mol. The zero-order valence-corrected chi connectivity index (χ0v) is 22.6. The van der Waals surface area contributed by atoms with Crippen LogP contribution >= 0.6 is 39.3 Å². The number of para-hydroxylation sites is 1. The van der Waals surface area contributed by atoms with Crippen LogP contribution in [0.25, 0.3) is 6.08 Å². The Hall–Kier alpha value is -3.55. The highest BCUT2D eigenvalue weighted by Crippen LogP contribution is 2.40. The number of imide groups is 1. The average molecular weight is 644 g/mol. The summed E-state index contributed by atoms with van der Waals surface area (Å²) in [4.78, 5) is 36.7. The number of nitro benzene ring substituents is 1. The molecule has 1 aliphatic rings. The van der Waals surface area contributed by atoms with Gasteiger partial charge in [-0.05, 0) is 75.7 Å². The number of carbonyl (C=O) groups excluding carboxylic acids is 2. The molecule has 1 aliphatic heterocycles. The molecule has 1 fully saturated rings. The molecule has 14 heteroatoms.